The third kappa shape index (κ3) is 7.19. The zero-order valence-corrected chi connectivity index (χ0v) is 22.1. The van der Waals surface area contributed by atoms with E-state index in [9.17, 15) is 14.0 Å². The summed E-state index contributed by atoms with van der Waals surface area (Å²) in [7, 11) is 1.74. The van der Waals surface area contributed by atoms with E-state index in [0.29, 0.717) is 31.2 Å². The summed E-state index contributed by atoms with van der Waals surface area (Å²) in [5.41, 5.74) is 0.620. The van der Waals surface area contributed by atoms with Gasteiger partial charge in [0.25, 0.3) is 5.91 Å². The lowest BCUT2D eigenvalue weighted by molar-refractivity contribution is -0.152. The summed E-state index contributed by atoms with van der Waals surface area (Å²) in [6, 6.07) is 17.0. The van der Waals surface area contributed by atoms with E-state index >= 15 is 0 Å². The Morgan fingerprint density at radius 3 is 2.61 bits per heavy atom. The highest BCUT2D eigenvalue weighted by molar-refractivity contribution is 5.91. The van der Waals surface area contributed by atoms with Gasteiger partial charge in [-0.3, -0.25) is 9.59 Å². The average molecular weight is 524 g/mol. The second-order valence-corrected chi connectivity index (χ2v) is 10.2. The molecule has 4 rings (SSSR count). The van der Waals surface area contributed by atoms with E-state index in [1.165, 1.54) is 24.3 Å². The van der Waals surface area contributed by atoms with Crippen molar-refractivity contribution in [3.05, 3.63) is 83.5 Å². The van der Waals surface area contributed by atoms with Crippen LogP contribution in [0.15, 0.2) is 65.2 Å². The van der Waals surface area contributed by atoms with E-state index in [1.54, 1.807) is 22.9 Å². The van der Waals surface area contributed by atoms with Gasteiger partial charge in [-0.2, -0.15) is 0 Å². The molecule has 0 N–H and O–H groups in total. The Morgan fingerprint density at radius 2 is 1.89 bits per heavy atom. The molecule has 1 unspecified atom stereocenters. The van der Waals surface area contributed by atoms with Crippen molar-refractivity contribution in [2.45, 2.75) is 38.8 Å². The summed E-state index contributed by atoms with van der Waals surface area (Å²) in [6.07, 6.45) is 0.702. The third-order valence-corrected chi connectivity index (χ3v) is 6.40. The molecular formula is C29H34FN3O5. The van der Waals surface area contributed by atoms with Crippen molar-refractivity contribution in [3.8, 4) is 5.75 Å². The van der Waals surface area contributed by atoms with Crippen LogP contribution in [0.4, 0.5) is 4.39 Å². The minimum absolute atomic E-state index is 0.00232. The molecule has 0 spiro atoms. The Hall–Kier alpha value is -3.72. The molecule has 1 atom stereocenters. The molecule has 0 bridgehead atoms. The highest BCUT2D eigenvalue weighted by Crippen LogP contribution is 2.27. The Labute approximate surface area is 222 Å². The maximum atomic E-state index is 13.4. The molecular weight excluding hydrogens is 489 g/mol. The molecule has 3 aromatic rings. The maximum Gasteiger partial charge on any atom is 0.292 e. The topological polar surface area (TPSA) is 85.1 Å². The van der Waals surface area contributed by atoms with E-state index in [-0.39, 0.29) is 49.6 Å². The second-order valence-electron chi connectivity index (χ2n) is 10.2. The first-order valence-corrected chi connectivity index (χ1v) is 12.8. The largest absolute Gasteiger partial charge is 0.490 e. The number of halogens is 1. The van der Waals surface area contributed by atoms with Crippen LogP contribution in [0.1, 0.15) is 42.1 Å². The minimum Gasteiger partial charge on any atom is -0.490 e. The van der Waals surface area contributed by atoms with Gasteiger partial charge in [-0.25, -0.2) is 4.39 Å². The molecule has 1 aliphatic heterocycles. The molecule has 202 valence electrons. The molecule has 0 radical (unpaired) electrons. The lowest BCUT2D eigenvalue weighted by atomic mass is 9.96. The van der Waals surface area contributed by atoms with Crippen LogP contribution in [0.25, 0.3) is 0 Å². The molecule has 1 saturated heterocycles. The Balaban J connectivity index is 1.51. The number of morpholine rings is 1. The smallest absolute Gasteiger partial charge is 0.292 e. The zero-order valence-electron chi connectivity index (χ0n) is 22.1. The van der Waals surface area contributed by atoms with E-state index in [0.717, 1.165) is 11.3 Å². The minimum atomic E-state index is -1.11. The monoisotopic (exact) mass is 523 g/mol. The number of amides is 2. The van der Waals surface area contributed by atoms with E-state index < -0.39 is 5.60 Å². The molecule has 2 heterocycles. The highest BCUT2D eigenvalue weighted by atomic mass is 19.1. The lowest BCUT2D eigenvalue weighted by Gasteiger charge is -2.42. The summed E-state index contributed by atoms with van der Waals surface area (Å²) >= 11 is 0. The summed E-state index contributed by atoms with van der Waals surface area (Å²) in [5, 5.41) is 4.03. The number of carbonyl (C=O) groups is 2. The van der Waals surface area contributed by atoms with Crippen LogP contribution in [-0.4, -0.2) is 65.7 Å². The fraction of sp³-hybridized carbons (Fsp3) is 0.414. The van der Waals surface area contributed by atoms with Crippen LogP contribution in [0.3, 0.4) is 0 Å². The predicted octanol–water partition coefficient (Wildman–Crippen LogP) is 4.35. The van der Waals surface area contributed by atoms with Gasteiger partial charge in [-0.1, -0.05) is 49.3 Å². The fourth-order valence-corrected chi connectivity index (χ4v) is 4.45. The van der Waals surface area contributed by atoms with Gasteiger partial charge in [0.2, 0.25) is 11.7 Å². The number of carbonyl (C=O) groups excluding carboxylic acids is 2. The van der Waals surface area contributed by atoms with Gasteiger partial charge < -0.3 is 23.8 Å². The number of hydrogen-bond acceptors (Lipinski definition) is 6. The molecule has 2 aromatic carbocycles. The van der Waals surface area contributed by atoms with Crippen molar-refractivity contribution in [2.75, 3.05) is 33.4 Å². The SMILES string of the molecule is CC(C)Cc1cc(C(=O)N2CCOC(COc3ccc(F)cc3)(CC(=O)N(C)Cc3ccccc3)C2)on1. The van der Waals surface area contributed by atoms with Crippen molar-refractivity contribution >= 4 is 11.8 Å². The Kier molecular flexibility index (Phi) is 8.78. The number of hydrogen-bond donors (Lipinski definition) is 0. The number of aromatic nitrogens is 1. The van der Waals surface area contributed by atoms with Crippen LogP contribution in [0.2, 0.25) is 0 Å². The predicted molar refractivity (Wildman–Crippen MR) is 139 cm³/mol. The van der Waals surface area contributed by atoms with E-state index in [1.807, 2.05) is 30.3 Å². The zero-order chi connectivity index (χ0) is 27.1. The van der Waals surface area contributed by atoms with Gasteiger partial charge in [0.1, 0.15) is 23.8 Å². The number of rotatable bonds is 10. The molecule has 9 heteroatoms. The van der Waals surface area contributed by atoms with Crippen LogP contribution in [0.5, 0.6) is 5.75 Å². The summed E-state index contributed by atoms with van der Waals surface area (Å²) in [5.74, 6) is 0.137. The summed E-state index contributed by atoms with van der Waals surface area (Å²) < 4.78 is 30.8. The van der Waals surface area contributed by atoms with E-state index in [2.05, 4.69) is 19.0 Å². The molecule has 0 saturated carbocycles. The van der Waals surface area contributed by atoms with Gasteiger partial charge in [0, 0.05) is 26.2 Å². The highest BCUT2D eigenvalue weighted by Gasteiger charge is 2.42. The van der Waals surface area contributed by atoms with Crippen molar-refractivity contribution < 1.29 is 28.0 Å². The first-order chi connectivity index (χ1) is 18.2. The van der Waals surface area contributed by atoms with E-state index in [4.69, 9.17) is 14.0 Å². The molecule has 1 aliphatic rings. The van der Waals surface area contributed by atoms with Crippen molar-refractivity contribution in [1.82, 2.24) is 15.0 Å². The summed E-state index contributed by atoms with van der Waals surface area (Å²) in [4.78, 5) is 29.9. The fourth-order valence-electron chi connectivity index (χ4n) is 4.45. The first kappa shape index (κ1) is 27.3. The molecule has 8 nitrogen and oxygen atoms in total. The molecule has 1 aromatic heterocycles. The second kappa shape index (κ2) is 12.2. The van der Waals surface area contributed by atoms with Gasteiger partial charge in [-0.15, -0.1) is 0 Å². The van der Waals surface area contributed by atoms with Crippen LogP contribution >= 0.6 is 0 Å². The summed E-state index contributed by atoms with van der Waals surface area (Å²) in [6.45, 7) is 5.26. The average Bonchev–Trinajstić information content (AvgIpc) is 3.36. The van der Waals surface area contributed by atoms with Gasteiger partial charge in [0.15, 0.2) is 0 Å². The molecule has 1 fully saturated rings. The third-order valence-electron chi connectivity index (χ3n) is 6.40. The van der Waals surface area contributed by atoms with Crippen molar-refractivity contribution in [3.63, 3.8) is 0 Å². The Morgan fingerprint density at radius 1 is 1.16 bits per heavy atom. The quantitative estimate of drug-likeness (QED) is 0.393. The van der Waals surface area contributed by atoms with Gasteiger partial charge in [-0.05, 0) is 42.2 Å². The number of ether oxygens (including phenoxy) is 2. The standard InChI is InChI=1S/C29H34FN3O5/c1-21(2)15-24-16-26(38-31-24)28(35)33-13-14-37-29(19-33,20-36-25-11-9-23(30)10-12-25)17-27(34)32(3)18-22-7-5-4-6-8-22/h4-12,16,21H,13-15,17-20H2,1-3H3. The van der Waals surface area contributed by atoms with Crippen molar-refractivity contribution in [1.29, 1.82) is 0 Å². The molecule has 2 amide bonds. The van der Waals surface area contributed by atoms with Crippen molar-refractivity contribution in [2.24, 2.45) is 5.92 Å². The van der Waals surface area contributed by atoms with Gasteiger partial charge in [0.05, 0.1) is 25.3 Å². The van der Waals surface area contributed by atoms with Crippen LogP contribution in [0, 0.1) is 11.7 Å². The van der Waals surface area contributed by atoms with Crippen LogP contribution < -0.4 is 4.74 Å². The molecule has 0 aliphatic carbocycles. The first-order valence-electron chi connectivity index (χ1n) is 12.8. The lowest BCUT2D eigenvalue weighted by Crippen LogP contribution is -2.58. The maximum absolute atomic E-state index is 13.4. The number of benzene rings is 2. The van der Waals surface area contributed by atoms with Crippen LogP contribution in [-0.2, 0) is 22.5 Å². The number of nitrogens with zero attached hydrogens (tertiary/aromatic N) is 3. The normalized spacial score (nSPS) is 17.4. The Bertz CT molecular complexity index is 1210. The molecule has 38 heavy (non-hydrogen) atoms. The van der Waals surface area contributed by atoms with Gasteiger partial charge >= 0.3 is 0 Å².